The quantitative estimate of drug-likeness (QED) is 0.557. The van der Waals surface area contributed by atoms with Crippen molar-refractivity contribution in [2.45, 2.75) is 23.8 Å². The first-order valence-corrected chi connectivity index (χ1v) is 7.72. The monoisotopic (exact) mass is 329 g/mol. The van der Waals surface area contributed by atoms with Gasteiger partial charge in [-0.3, -0.25) is 9.59 Å². The van der Waals surface area contributed by atoms with Gasteiger partial charge >= 0.3 is 0 Å². The molecule has 0 aliphatic heterocycles. The molecule has 0 saturated carbocycles. The number of nitrogens with one attached hydrogen (secondary N) is 1. The van der Waals surface area contributed by atoms with Crippen LogP contribution in [0.2, 0.25) is 0 Å². The summed E-state index contributed by atoms with van der Waals surface area (Å²) in [6, 6.07) is 9.39. The zero-order valence-electron chi connectivity index (χ0n) is 12.6. The fourth-order valence-corrected chi connectivity index (χ4v) is 2.86. The average Bonchev–Trinajstić information content (AvgIpc) is 2.92. The number of fused-ring (bicyclic) bond motifs is 1. The number of aromatic nitrogens is 4. The van der Waals surface area contributed by atoms with Crippen LogP contribution in [0, 0.1) is 0 Å². The molecule has 0 bridgehead atoms. The molecule has 0 unspecified atom stereocenters. The van der Waals surface area contributed by atoms with Gasteiger partial charge in [-0.05, 0) is 26.0 Å². The lowest BCUT2D eigenvalue weighted by molar-refractivity contribution is -0.119. The molecule has 3 aromatic rings. The van der Waals surface area contributed by atoms with Crippen LogP contribution in [0.1, 0.15) is 13.8 Å². The Hall–Kier alpha value is -2.61. The molecular formula is C15H15N5O2S. The molecule has 0 radical (unpaired) electrons. The van der Waals surface area contributed by atoms with Gasteiger partial charge in [0.05, 0.1) is 16.6 Å². The number of nitrogens with zero attached hydrogens (tertiary/aromatic N) is 3. The van der Waals surface area contributed by atoms with E-state index >= 15 is 0 Å². The zero-order chi connectivity index (χ0) is 16.6. The average molecular weight is 329 g/mol. The van der Waals surface area contributed by atoms with Gasteiger partial charge in [0, 0.05) is 0 Å². The summed E-state index contributed by atoms with van der Waals surface area (Å²) in [5.74, 6) is -0.484. The molecule has 7 nitrogen and oxygen atoms in total. The van der Waals surface area contributed by atoms with E-state index in [0.717, 1.165) is 17.4 Å². The molecule has 2 aromatic heterocycles. The number of nitrogens with two attached hydrogens (primary N) is 1. The molecule has 0 atom stereocenters. The first-order valence-electron chi connectivity index (χ1n) is 6.91. The highest BCUT2D eigenvalue weighted by molar-refractivity contribution is 8.01. The van der Waals surface area contributed by atoms with Crippen molar-refractivity contribution in [2.24, 2.45) is 5.73 Å². The normalized spacial score (nSPS) is 11.7. The van der Waals surface area contributed by atoms with E-state index in [-0.39, 0.29) is 5.56 Å². The molecule has 0 aliphatic rings. The molecule has 0 spiro atoms. The van der Waals surface area contributed by atoms with Crippen molar-refractivity contribution in [1.29, 1.82) is 0 Å². The summed E-state index contributed by atoms with van der Waals surface area (Å²) in [4.78, 5) is 30.8. The standard InChI is InChI=1S/C15H15N5O2S/c1-15(2,13(16)22)23-14-18-11-10(12(21)19-14)8-17-20(11)9-6-4-3-5-7-9/h3-8H,1-2H3,(H2,16,22)(H,18,19,21). The number of H-pyrrole nitrogens is 1. The lowest BCUT2D eigenvalue weighted by Crippen LogP contribution is -2.35. The molecule has 0 fully saturated rings. The number of amides is 1. The lowest BCUT2D eigenvalue weighted by Gasteiger charge is -2.18. The van der Waals surface area contributed by atoms with Gasteiger partial charge in [-0.2, -0.15) is 5.10 Å². The minimum absolute atomic E-state index is 0.306. The Morgan fingerprint density at radius 1 is 1.30 bits per heavy atom. The van der Waals surface area contributed by atoms with E-state index in [0.29, 0.717) is 16.2 Å². The molecule has 3 N–H and O–H groups in total. The maximum absolute atomic E-state index is 12.2. The lowest BCUT2D eigenvalue weighted by atomic mass is 10.2. The molecule has 1 amide bonds. The molecular weight excluding hydrogens is 314 g/mol. The van der Waals surface area contributed by atoms with Gasteiger partial charge in [-0.15, -0.1) is 0 Å². The smallest absolute Gasteiger partial charge is 0.262 e. The number of carbonyl (C=O) groups is 1. The van der Waals surface area contributed by atoms with E-state index in [2.05, 4.69) is 15.1 Å². The number of para-hydroxylation sites is 1. The Labute approximate surface area is 135 Å². The minimum Gasteiger partial charge on any atom is -0.368 e. The van der Waals surface area contributed by atoms with Gasteiger partial charge in [-0.1, -0.05) is 30.0 Å². The molecule has 118 valence electrons. The first kappa shape index (κ1) is 15.3. The van der Waals surface area contributed by atoms with Crippen LogP contribution in [-0.2, 0) is 4.79 Å². The highest BCUT2D eigenvalue weighted by Gasteiger charge is 2.28. The summed E-state index contributed by atoms with van der Waals surface area (Å²) in [5.41, 5.74) is 6.30. The van der Waals surface area contributed by atoms with Crippen LogP contribution < -0.4 is 11.3 Å². The van der Waals surface area contributed by atoms with E-state index in [1.165, 1.54) is 6.20 Å². The van der Waals surface area contributed by atoms with Gasteiger partial charge in [0.25, 0.3) is 5.56 Å². The second-order valence-corrected chi connectivity index (χ2v) is 7.09. The molecule has 0 saturated heterocycles. The second kappa shape index (κ2) is 5.54. The van der Waals surface area contributed by atoms with Gasteiger partial charge in [0.1, 0.15) is 5.39 Å². The number of primary amides is 1. The van der Waals surface area contributed by atoms with Crippen molar-refractivity contribution in [3.63, 3.8) is 0 Å². The Morgan fingerprint density at radius 3 is 2.65 bits per heavy atom. The maximum atomic E-state index is 12.2. The fraction of sp³-hybridized carbons (Fsp3) is 0.200. The molecule has 2 heterocycles. The van der Waals surface area contributed by atoms with Crippen molar-refractivity contribution in [1.82, 2.24) is 19.7 Å². The number of hydrogen-bond acceptors (Lipinski definition) is 5. The van der Waals surface area contributed by atoms with E-state index in [1.807, 2.05) is 30.3 Å². The van der Waals surface area contributed by atoms with E-state index in [4.69, 9.17) is 5.73 Å². The predicted molar refractivity (Wildman–Crippen MR) is 88.6 cm³/mol. The van der Waals surface area contributed by atoms with Crippen molar-refractivity contribution >= 4 is 28.7 Å². The van der Waals surface area contributed by atoms with Crippen LogP contribution in [0.3, 0.4) is 0 Å². The van der Waals surface area contributed by atoms with Crippen LogP contribution in [0.5, 0.6) is 0 Å². The maximum Gasteiger partial charge on any atom is 0.262 e. The van der Waals surface area contributed by atoms with E-state index in [9.17, 15) is 9.59 Å². The SMILES string of the molecule is CC(C)(Sc1nc2c(cnn2-c2ccccc2)c(=O)[nH]1)C(N)=O. The number of carbonyl (C=O) groups excluding carboxylic acids is 1. The third-order valence-electron chi connectivity index (χ3n) is 3.36. The third kappa shape index (κ3) is 2.85. The van der Waals surface area contributed by atoms with Crippen molar-refractivity contribution in [2.75, 3.05) is 0 Å². The van der Waals surface area contributed by atoms with Crippen LogP contribution in [0.15, 0.2) is 46.5 Å². The Kier molecular flexibility index (Phi) is 3.69. The molecule has 3 rings (SSSR count). The molecule has 23 heavy (non-hydrogen) atoms. The van der Waals surface area contributed by atoms with Crippen LogP contribution >= 0.6 is 11.8 Å². The Bertz CT molecular complexity index is 930. The molecule has 8 heteroatoms. The van der Waals surface area contributed by atoms with Crippen LogP contribution in [0.25, 0.3) is 16.7 Å². The van der Waals surface area contributed by atoms with Crippen molar-refractivity contribution < 1.29 is 4.79 Å². The summed E-state index contributed by atoms with van der Waals surface area (Å²) in [6.45, 7) is 3.36. The molecule has 0 aliphatic carbocycles. The first-order chi connectivity index (χ1) is 10.9. The highest BCUT2D eigenvalue weighted by atomic mass is 32.2. The van der Waals surface area contributed by atoms with Gasteiger partial charge in [0.15, 0.2) is 10.8 Å². The number of thioether (sulfide) groups is 1. The fourth-order valence-electron chi connectivity index (χ4n) is 2.00. The largest absolute Gasteiger partial charge is 0.368 e. The van der Waals surface area contributed by atoms with E-state index < -0.39 is 10.7 Å². The summed E-state index contributed by atoms with van der Waals surface area (Å²) in [6.07, 6.45) is 1.47. The Morgan fingerprint density at radius 2 is 2.00 bits per heavy atom. The second-order valence-electron chi connectivity index (χ2n) is 5.48. The zero-order valence-corrected chi connectivity index (χ0v) is 13.4. The highest BCUT2D eigenvalue weighted by Crippen LogP contribution is 2.29. The number of rotatable bonds is 4. The predicted octanol–water partition coefficient (Wildman–Crippen LogP) is 1.46. The number of aromatic amines is 1. The van der Waals surface area contributed by atoms with Gasteiger partial charge in [0.2, 0.25) is 5.91 Å². The summed E-state index contributed by atoms with van der Waals surface area (Å²) >= 11 is 1.11. The van der Waals surface area contributed by atoms with Gasteiger partial charge in [-0.25, -0.2) is 9.67 Å². The number of hydrogen-bond donors (Lipinski definition) is 2. The van der Waals surface area contributed by atoms with Crippen molar-refractivity contribution in [3.8, 4) is 5.69 Å². The minimum atomic E-state index is -0.888. The summed E-state index contributed by atoms with van der Waals surface area (Å²) < 4.78 is 0.702. The third-order valence-corrected chi connectivity index (χ3v) is 4.46. The van der Waals surface area contributed by atoms with Crippen LogP contribution in [0.4, 0.5) is 0 Å². The van der Waals surface area contributed by atoms with Crippen LogP contribution in [-0.4, -0.2) is 30.4 Å². The van der Waals surface area contributed by atoms with Crippen molar-refractivity contribution in [3.05, 3.63) is 46.9 Å². The van der Waals surface area contributed by atoms with Gasteiger partial charge < -0.3 is 10.7 Å². The number of benzene rings is 1. The summed E-state index contributed by atoms with van der Waals surface area (Å²) in [5, 5.41) is 4.94. The Balaban J connectivity index is 2.13. The summed E-state index contributed by atoms with van der Waals surface area (Å²) in [7, 11) is 0. The topological polar surface area (TPSA) is 107 Å². The molecule has 1 aromatic carbocycles. The van der Waals surface area contributed by atoms with E-state index in [1.54, 1.807) is 18.5 Å².